The molecule has 1 aromatic heterocycles. The number of hydrogen-bond donors (Lipinski definition) is 1. The van der Waals surface area contributed by atoms with Gasteiger partial charge in [0, 0.05) is 18.8 Å². The summed E-state index contributed by atoms with van der Waals surface area (Å²) >= 11 is 0. The summed E-state index contributed by atoms with van der Waals surface area (Å²) in [6.07, 6.45) is 5.27. The Kier molecular flexibility index (Phi) is 6.36. The van der Waals surface area contributed by atoms with Crippen LogP contribution in [0.4, 0.5) is 0 Å². The molecule has 1 N–H and O–H groups in total. The van der Waals surface area contributed by atoms with E-state index < -0.39 is 0 Å². The molecule has 18 heavy (non-hydrogen) atoms. The molecule has 0 aliphatic heterocycles. The molecule has 1 unspecified atom stereocenters. The van der Waals surface area contributed by atoms with Gasteiger partial charge < -0.3 is 14.8 Å². The minimum atomic E-state index is 0.513. The summed E-state index contributed by atoms with van der Waals surface area (Å²) in [4.78, 5) is 6.67. The average molecular weight is 252 g/mol. The van der Waals surface area contributed by atoms with Crippen molar-refractivity contribution in [1.82, 2.24) is 19.8 Å². The Morgan fingerprint density at radius 1 is 1.33 bits per heavy atom. The fraction of sp³-hybridized carbons (Fsp3) is 0.786. The van der Waals surface area contributed by atoms with Gasteiger partial charge in [-0.25, -0.2) is 4.98 Å². The van der Waals surface area contributed by atoms with Crippen LogP contribution in [-0.4, -0.2) is 41.6 Å². The Hall–Kier alpha value is -0.870. The van der Waals surface area contributed by atoms with Gasteiger partial charge in [0.15, 0.2) is 0 Å². The van der Waals surface area contributed by atoms with E-state index in [1.165, 1.54) is 0 Å². The van der Waals surface area contributed by atoms with Gasteiger partial charge in [-0.2, -0.15) is 0 Å². The molecule has 1 aromatic rings. The van der Waals surface area contributed by atoms with Crippen LogP contribution in [0.2, 0.25) is 0 Å². The van der Waals surface area contributed by atoms with Gasteiger partial charge in [0.25, 0.3) is 0 Å². The van der Waals surface area contributed by atoms with Gasteiger partial charge in [-0.1, -0.05) is 13.8 Å². The van der Waals surface area contributed by atoms with Crippen LogP contribution in [0.5, 0.6) is 0 Å². The van der Waals surface area contributed by atoms with Crippen LogP contribution in [0.1, 0.15) is 38.9 Å². The number of rotatable bonds is 8. The molecular weight excluding hydrogens is 224 g/mol. The number of imidazole rings is 1. The number of nitrogens with zero attached hydrogens (tertiary/aromatic N) is 3. The third kappa shape index (κ3) is 5.65. The van der Waals surface area contributed by atoms with E-state index >= 15 is 0 Å². The van der Waals surface area contributed by atoms with Crippen molar-refractivity contribution in [3.05, 3.63) is 18.2 Å². The zero-order valence-corrected chi connectivity index (χ0v) is 12.5. The first-order valence-electron chi connectivity index (χ1n) is 6.86. The number of hydrogen-bond acceptors (Lipinski definition) is 3. The molecule has 0 spiro atoms. The molecule has 0 radical (unpaired) electrons. The first-order valence-corrected chi connectivity index (χ1v) is 6.86. The Balaban J connectivity index is 2.37. The molecule has 0 bridgehead atoms. The zero-order chi connectivity index (χ0) is 13.5. The lowest BCUT2D eigenvalue weighted by Crippen LogP contribution is -2.19. The predicted molar refractivity (Wildman–Crippen MR) is 76.7 cm³/mol. The van der Waals surface area contributed by atoms with Crippen LogP contribution in [-0.2, 0) is 6.54 Å². The minimum Gasteiger partial charge on any atom is -0.334 e. The Bertz CT molecular complexity index is 330. The SMILES string of the molecule is CC(C)CNCc1cn(C(C)CCN(C)C)cn1. The Morgan fingerprint density at radius 2 is 2.06 bits per heavy atom. The third-order valence-electron chi connectivity index (χ3n) is 3.02. The maximum atomic E-state index is 4.45. The molecule has 104 valence electrons. The fourth-order valence-corrected chi connectivity index (χ4v) is 1.79. The van der Waals surface area contributed by atoms with Crippen LogP contribution < -0.4 is 5.32 Å². The van der Waals surface area contributed by atoms with Crippen molar-refractivity contribution in [2.75, 3.05) is 27.2 Å². The van der Waals surface area contributed by atoms with Crippen molar-refractivity contribution in [1.29, 1.82) is 0 Å². The van der Waals surface area contributed by atoms with E-state index in [-0.39, 0.29) is 0 Å². The Labute approximate surface area is 111 Å². The van der Waals surface area contributed by atoms with Crippen molar-refractivity contribution in [2.45, 2.75) is 39.8 Å². The van der Waals surface area contributed by atoms with Gasteiger partial charge in [0.2, 0.25) is 0 Å². The fourth-order valence-electron chi connectivity index (χ4n) is 1.79. The van der Waals surface area contributed by atoms with Crippen molar-refractivity contribution >= 4 is 0 Å². The van der Waals surface area contributed by atoms with E-state index in [2.05, 4.69) is 60.8 Å². The smallest absolute Gasteiger partial charge is 0.0952 e. The normalized spacial score (nSPS) is 13.5. The van der Waals surface area contributed by atoms with Gasteiger partial charge in [-0.3, -0.25) is 0 Å². The molecule has 1 heterocycles. The molecule has 1 atom stereocenters. The van der Waals surface area contributed by atoms with E-state index in [0.717, 1.165) is 31.7 Å². The minimum absolute atomic E-state index is 0.513. The van der Waals surface area contributed by atoms with Crippen LogP contribution in [0.15, 0.2) is 12.5 Å². The summed E-state index contributed by atoms with van der Waals surface area (Å²) < 4.78 is 2.22. The molecule has 0 amide bonds. The average Bonchev–Trinajstić information content (AvgIpc) is 2.74. The van der Waals surface area contributed by atoms with Crippen LogP contribution in [0.3, 0.4) is 0 Å². The topological polar surface area (TPSA) is 33.1 Å². The van der Waals surface area contributed by atoms with Crippen LogP contribution >= 0.6 is 0 Å². The third-order valence-corrected chi connectivity index (χ3v) is 3.02. The highest BCUT2D eigenvalue weighted by Gasteiger charge is 2.06. The van der Waals surface area contributed by atoms with Crippen molar-refractivity contribution in [3.8, 4) is 0 Å². The van der Waals surface area contributed by atoms with E-state index in [1.54, 1.807) is 0 Å². The molecule has 0 aliphatic carbocycles. The van der Waals surface area contributed by atoms with Gasteiger partial charge in [0.05, 0.1) is 12.0 Å². The quantitative estimate of drug-likeness (QED) is 0.769. The molecule has 4 heteroatoms. The van der Waals surface area contributed by atoms with Gasteiger partial charge in [-0.15, -0.1) is 0 Å². The highest BCUT2D eigenvalue weighted by atomic mass is 15.1. The maximum absolute atomic E-state index is 4.45. The monoisotopic (exact) mass is 252 g/mol. The Morgan fingerprint density at radius 3 is 2.67 bits per heavy atom. The second kappa shape index (κ2) is 7.54. The maximum Gasteiger partial charge on any atom is 0.0952 e. The standard InChI is InChI=1S/C14H28N4/c1-12(2)8-15-9-14-10-18(11-16-14)13(3)6-7-17(4)5/h10-13,15H,6-9H2,1-5H3. The summed E-state index contributed by atoms with van der Waals surface area (Å²) in [5.74, 6) is 0.686. The number of nitrogens with one attached hydrogen (secondary N) is 1. The second-order valence-electron chi connectivity index (χ2n) is 5.78. The highest BCUT2D eigenvalue weighted by molar-refractivity contribution is 4.97. The van der Waals surface area contributed by atoms with Crippen LogP contribution in [0, 0.1) is 5.92 Å². The first-order chi connectivity index (χ1) is 8.49. The lowest BCUT2D eigenvalue weighted by molar-refractivity contribution is 0.357. The molecule has 0 saturated carbocycles. The molecule has 0 saturated heterocycles. The summed E-state index contributed by atoms with van der Waals surface area (Å²) in [5, 5.41) is 3.42. The summed E-state index contributed by atoms with van der Waals surface area (Å²) in [5.41, 5.74) is 1.13. The zero-order valence-electron chi connectivity index (χ0n) is 12.5. The van der Waals surface area contributed by atoms with Crippen molar-refractivity contribution in [3.63, 3.8) is 0 Å². The lowest BCUT2D eigenvalue weighted by atomic mass is 10.2. The summed E-state index contributed by atoms with van der Waals surface area (Å²) in [7, 11) is 4.23. The van der Waals surface area contributed by atoms with E-state index in [9.17, 15) is 0 Å². The van der Waals surface area contributed by atoms with Gasteiger partial charge >= 0.3 is 0 Å². The molecule has 4 nitrogen and oxygen atoms in total. The lowest BCUT2D eigenvalue weighted by Gasteiger charge is -2.16. The van der Waals surface area contributed by atoms with E-state index in [1.807, 2.05) is 6.33 Å². The highest BCUT2D eigenvalue weighted by Crippen LogP contribution is 2.11. The van der Waals surface area contributed by atoms with E-state index in [0.29, 0.717) is 12.0 Å². The first kappa shape index (κ1) is 15.2. The molecular formula is C14H28N4. The molecule has 1 rings (SSSR count). The molecule has 0 aromatic carbocycles. The van der Waals surface area contributed by atoms with Crippen LogP contribution in [0.25, 0.3) is 0 Å². The van der Waals surface area contributed by atoms with E-state index in [4.69, 9.17) is 0 Å². The molecule has 0 aliphatic rings. The second-order valence-corrected chi connectivity index (χ2v) is 5.78. The van der Waals surface area contributed by atoms with Crippen molar-refractivity contribution in [2.24, 2.45) is 5.92 Å². The van der Waals surface area contributed by atoms with Crippen molar-refractivity contribution < 1.29 is 0 Å². The summed E-state index contributed by atoms with van der Waals surface area (Å²) in [6.45, 7) is 9.70. The molecule has 0 fully saturated rings. The largest absolute Gasteiger partial charge is 0.334 e. The number of aromatic nitrogens is 2. The van der Waals surface area contributed by atoms with Gasteiger partial charge in [0.1, 0.15) is 0 Å². The van der Waals surface area contributed by atoms with Gasteiger partial charge in [-0.05, 0) is 46.4 Å². The summed E-state index contributed by atoms with van der Waals surface area (Å²) in [6, 6.07) is 0.513. The predicted octanol–water partition coefficient (Wildman–Crippen LogP) is 2.14.